The molecule has 1 aliphatic heterocycles. The minimum absolute atomic E-state index is 0.0353. The van der Waals surface area contributed by atoms with Crippen molar-refractivity contribution < 1.29 is 14.6 Å². The highest BCUT2D eigenvalue weighted by Crippen LogP contribution is 2.25. The number of aliphatic hydroxyl groups is 1. The number of nitrogens with zero attached hydrogens (tertiary/aromatic N) is 1. The fourth-order valence-electron chi connectivity index (χ4n) is 1.34. The van der Waals surface area contributed by atoms with Crippen molar-refractivity contribution in [2.45, 2.75) is 12.9 Å². The van der Waals surface area contributed by atoms with Crippen LogP contribution in [0.3, 0.4) is 0 Å². The summed E-state index contributed by atoms with van der Waals surface area (Å²) in [6.07, 6.45) is 2.96. The Morgan fingerprint density at radius 1 is 1.46 bits per heavy atom. The molecule has 0 atom stereocenters. The number of aromatic nitrogens is 1. The zero-order valence-electron chi connectivity index (χ0n) is 7.14. The third-order valence-electron chi connectivity index (χ3n) is 1.99. The van der Waals surface area contributed by atoms with Crippen molar-refractivity contribution in [2.75, 3.05) is 13.2 Å². The Morgan fingerprint density at radius 3 is 2.92 bits per heavy atom. The number of rotatable bonds is 2. The molecular formula is C9H11NO3. The van der Waals surface area contributed by atoms with E-state index in [0.717, 1.165) is 11.1 Å². The van der Waals surface area contributed by atoms with Crippen molar-refractivity contribution in [2.24, 2.45) is 0 Å². The Morgan fingerprint density at radius 2 is 2.23 bits per heavy atom. The lowest BCUT2D eigenvalue weighted by Gasteiger charge is -2.12. The van der Waals surface area contributed by atoms with Crippen LogP contribution in [0.4, 0.5) is 0 Å². The third-order valence-corrected chi connectivity index (χ3v) is 1.99. The van der Waals surface area contributed by atoms with Crippen LogP contribution in [0.2, 0.25) is 0 Å². The molecule has 70 valence electrons. The summed E-state index contributed by atoms with van der Waals surface area (Å²) in [5.74, 6) is 0. The van der Waals surface area contributed by atoms with Crippen LogP contribution < -0.4 is 0 Å². The molecule has 0 aromatic carbocycles. The smallest absolute Gasteiger partial charge is 0.184 e. The van der Waals surface area contributed by atoms with Gasteiger partial charge in [-0.15, -0.1) is 0 Å². The third kappa shape index (κ3) is 1.70. The monoisotopic (exact) mass is 181 g/mol. The molecule has 1 saturated heterocycles. The molecule has 0 radical (unpaired) electrons. The molecule has 0 unspecified atom stereocenters. The van der Waals surface area contributed by atoms with Gasteiger partial charge in [0, 0.05) is 23.5 Å². The molecule has 0 bridgehead atoms. The highest BCUT2D eigenvalue weighted by Gasteiger charge is 2.20. The number of hydrogen-bond donors (Lipinski definition) is 1. The summed E-state index contributed by atoms with van der Waals surface area (Å²) < 4.78 is 10.6. The Balaban J connectivity index is 2.26. The first kappa shape index (κ1) is 8.62. The second-order valence-electron chi connectivity index (χ2n) is 2.81. The topological polar surface area (TPSA) is 51.6 Å². The quantitative estimate of drug-likeness (QED) is 0.726. The van der Waals surface area contributed by atoms with Crippen molar-refractivity contribution in [3.05, 3.63) is 29.6 Å². The Bertz CT molecular complexity index is 284. The van der Waals surface area contributed by atoms with Gasteiger partial charge in [0.1, 0.15) is 0 Å². The molecule has 4 heteroatoms. The van der Waals surface area contributed by atoms with Crippen LogP contribution in [0.25, 0.3) is 0 Å². The molecule has 2 rings (SSSR count). The van der Waals surface area contributed by atoms with Gasteiger partial charge in [0.25, 0.3) is 0 Å². The zero-order chi connectivity index (χ0) is 9.10. The average molecular weight is 181 g/mol. The molecule has 1 aromatic rings. The highest BCUT2D eigenvalue weighted by atomic mass is 16.7. The van der Waals surface area contributed by atoms with Gasteiger partial charge >= 0.3 is 0 Å². The molecule has 0 amide bonds. The highest BCUT2D eigenvalue weighted by molar-refractivity contribution is 5.24. The van der Waals surface area contributed by atoms with E-state index in [1.807, 2.05) is 6.07 Å². The predicted molar refractivity (Wildman–Crippen MR) is 44.8 cm³/mol. The molecule has 0 aliphatic carbocycles. The summed E-state index contributed by atoms with van der Waals surface area (Å²) in [5, 5.41) is 9.03. The van der Waals surface area contributed by atoms with Crippen molar-refractivity contribution in [3.63, 3.8) is 0 Å². The fourth-order valence-corrected chi connectivity index (χ4v) is 1.34. The van der Waals surface area contributed by atoms with E-state index >= 15 is 0 Å². The van der Waals surface area contributed by atoms with Gasteiger partial charge in [0.2, 0.25) is 0 Å². The maximum absolute atomic E-state index is 9.03. The van der Waals surface area contributed by atoms with Gasteiger partial charge in [-0.2, -0.15) is 0 Å². The summed E-state index contributed by atoms with van der Waals surface area (Å²) in [6, 6.07) is 1.81. The first-order valence-electron chi connectivity index (χ1n) is 4.18. The van der Waals surface area contributed by atoms with Crippen molar-refractivity contribution in [1.29, 1.82) is 0 Å². The molecule has 0 spiro atoms. The van der Waals surface area contributed by atoms with Gasteiger partial charge in [-0.1, -0.05) is 0 Å². The first-order chi connectivity index (χ1) is 6.42. The van der Waals surface area contributed by atoms with Crippen molar-refractivity contribution >= 4 is 0 Å². The fraction of sp³-hybridized carbons (Fsp3) is 0.444. The average Bonchev–Trinajstić information content (AvgIpc) is 2.70. The predicted octanol–water partition coefficient (Wildman–Crippen LogP) is 0.619. The van der Waals surface area contributed by atoms with E-state index in [2.05, 4.69) is 4.98 Å². The Kier molecular flexibility index (Phi) is 2.54. The van der Waals surface area contributed by atoms with Gasteiger partial charge in [-0.05, 0) is 6.07 Å². The molecular weight excluding hydrogens is 170 g/mol. The first-order valence-corrected chi connectivity index (χ1v) is 4.18. The van der Waals surface area contributed by atoms with E-state index in [-0.39, 0.29) is 12.9 Å². The largest absolute Gasteiger partial charge is 0.392 e. The van der Waals surface area contributed by atoms with Crippen LogP contribution >= 0.6 is 0 Å². The summed E-state index contributed by atoms with van der Waals surface area (Å²) in [5.41, 5.74) is 1.63. The van der Waals surface area contributed by atoms with Crippen LogP contribution in [0.15, 0.2) is 18.5 Å². The van der Waals surface area contributed by atoms with E-state index in [1.54, 1.807) is 12.4 Å². The molecule has 1 aliphatic rings. The van der Waals surface area contributed by atoms with Crippen molar-refractivity contribution in [1.82, 2.24) is 4.98 Å². The molecule has 1 aromatic heterocycles. The molecule has 4 nitrogen and oxygen atoms in total. The summed E-state index contributed by atoms with van der Waals surface area (Å²) in [6.45, 7) is 1.18. The Labute approximate surface area is 76.1 Å². The number of hydrogen-bond acceptors (Lipinski definition) is 4. The van der Waals surface area contributed by atoms with Crippen LogP contribution in [-0.4, -0.2) is 23.3 Å². The molecule has 13 heavy (non-hydrogen) atoms. The van der Waals surface area contributed by atoms with Gasteiger partial charge in [-0.25, -0.2) is 0 Å². The minimum Gasteiger partial charge on any atom is -0.392 e. The molecule has 0 saturated carbocycles. The second kappa shape index (κ2) is 3.83. The lowest BCUT2D eigenvalue weighted by atomic mass is 10.1. The summed E-state index contributed by atoms with van der Waals surface area (Å²) in [4.78, 5) is 3.92. The van der Waals surface area contributed by atoms with Crippen LogP contribution in [-0.2, 0) is 16.1 Å². The standard InChI is InChI=1S/C9H11NO3/c11-6-7-5-10-2-1-8(7)9-12-3-4-13-9/h1-2,5,9,11H,3-4,6H2. The van der Waals surface area contributed by atoms with E-state index in [0.29, 0.717) is 13.2 Å². The van der Waals surface area contributed by atoms with Crippen LogP contribution in [0, 0.1) is 0 Å². The van der Waals surface area contributed by atoms with Gasteiger partial charge in [-0.3, -0.25) is 4.98 Å². The summed E-state index contributed by atoms with van der Waals surface area (Å²) >= 11 is 0. The van der Waals surface area contributed by atoms with E-state index in [9.17, 15) is 0 Å². The lowest BCUT2D eigenvalue weighted by molar-refractivity contribution is -0.0453. The molecule has 2 heterocycles. The van der Waals surface area contributed by atoms with Crippen molar-refractivity contribution in [3.8, 4) is 0 Å². The van der Waals surface area contributed by atoms with Crippen LogP contribution in [0.1, 0.15) is 17.4 Å². The van der Waals surface area contributed by atoms with E-state index in [1.165, 1.54) is 0 Å². The normalized spacial score (nSPS) is 17.9. The minimum atomic E-state index is -0.329. The van der Waals surface area contributed by atoms with E-state index < -0.39 is 0 Å². The van der Waals surface area contributed by atoms with Gasteiger partial charge in [0.15, 0.2) is 6.29 Å². The number of aliphatic hydroxyl groups excluding tert-OH is 1. The van der Waals surface area contributed by atoms with Gasteiger partial charge < -0.3 is 14.6 Å². The van der Waals surface area contributed by atoms with E-state index in [4.69, 9.17) is 14.6 Å². The van der Waals surface area contributed by atoms with Crippen LogP contribution in [0.5, 0.6) is 0 Å². The number of ether oxygens (including phenoxy) is 2. The maximum Gasteiger partial charge on any atom is 0.184 e. The molecule has 1 N–H and O–H groups in total. The SMILES string of the molecule is OCc1cnccc1C1OCCO1. The maximum atomic E-state index is 9.03. The number of pyridine rings is 1. The second-order valence-corrected chi connectivity index (χ2v) is 2.81. The zero-order valence-corrected chi connectivity index (χ0v) is 7.14. The van der Waals surface area contributed by atoms with Gasteiger partial charge in [0.05, 0.1) is 19.8 Å². The Hall–Kier alpha value is -0.970. The lowest BCUT2D eigenvalue weighted by Crippen LogP contribution is -2.03. The molecule has 1 fully saturated rings. The summed E-state index contributed by atoms with van der Waals surface area (Å²) in [7, 11) is 0.